The van der Waals surface area contributed by atoms with E-state index in [1.54, 1.807) is 18.5 Å². The fourth-order valence-corrected chi connectivity index (χ4v) is 1.67. The Bertz CT molecular complexity index is 558. The molecule has 20 heavy (non-hydrogen) atoms. The fraction of sp³-hybridized carbons (Fsp3) is 0.267. The number of nitrogens with one attached hydrogen (secondary N) is 1. The topological polar surface area (TPSA) is 64.1 Å². The van der Waals surface area contributed by atoms with Gasteiger partial charge < -0.3 is 10.1 Å². The molecule has 0 aliphatic heterocycles. The maximum absolute atomic E-state index is 11.7. The van der Waals surface area contributed by atoms with Crippen molar-refractivity contribution in [2.24, 2.45) is 0 Å². The number of ether oxygens (including phenoxy) is 1. The zero-order valence-corrected chi connectivity index (χ0v) is 11.4. The summed E-state index contributed by atoms with van der Waals surface area (Å²) in [4.78, 5) is 19.9. The quantitative estimate of drug-likeness (QED) is 0.820. The van der Waals surface area contributed by atoms with Gasteiger partial charge in [-0.25, -0.2) is 4.98 Å². The summed E-state index contributed by atoms with van der Waals surface area (Å²) in [5, 5.41) is 2.76. The van der Waals surface area contributed by atoms with Crippen LogP contribution in [0.15, 0.2) is 42.7 Å². The molecule has 104 valence electrons. The molecular weight excluding hydrogens is 254 g/mol. The molecule has 1 N–H and O–H groups in total. The molecule has 2 aromatic rings. The zero-order valence-electron chi connectivity index (χ0n) is 11.4. The molecule has 0 fully saturated rings. The molecule has 0 saturated carbocycles. The van der Waals surface area contributed by atoms with Crippen molar-refractivity contribution in [3.63, 3.8) is 0 Å². The largest absolute Gasteiger partial charge is 0.492 e. The highest BCUT2D eigenvalue weighted by Crippen LogP contribution is 2.08. The van der Waals surface area contributed by atoms with Crippen LogP contribution in [0.4, 0.5) is 5.82 Å². The van der Waals surface area contributed by atoms with Gasteiger partial charge in [-0.1, -0.05) is 6.07 Å². The van der Waals surface area contributed by atoms with E-state index in [2.05, 4.69) is 15.3 Å². The molecule has 2 heterocycles. The molecule has 0 bridgehead atoms. The molecular formula is C15H17N3O2. The van der Waals surface area contributed by atoms with Crippen molar-refractivity contribution in [2.45, 2.75) is 19.8 Å². The van der Waals surface area contributed by atoms with E-state index in [-0.39, 0.29) is 5.91 Å². The van der Waals surface area contributed by atoms with Gasteiger partial charge in [0.05, 0.1) is 12.8 Å². The van der Waals surface area contributed by atoms with Crippen LogP contribution in [0.5, 0.6) is 5.75 Å². The van der Waals surface area contributed by atoms with Crippen LogP contribution in [0.1, 0.15) is 18.5 Å². The fourth-order valence-electron chi connectivity index (χ4n) is 1.67. The molecule has 1 amide bonds. The molecule has 0 radical (unpaired) electrons. The lowest BCUT2D eigenvalue weighted by Gasteiger charge is -2.06. The van der Waals surface area contributed by atoms with Crippen molar-refractivity contribution in [1.29, 1.82) is 0 Å². The first kappa shape index (κ1) is 14.0. The first-order valence-electron chi connectivity index (χ1n) is 6.50. The molecule has 0 aliphatic carbocycles. The van der Waals surface area contributed by atoms with Crippen LogP contribution in [0.3, 0.4) is 0 Å². The molecule has 2 rings (SSSR count). The number of amides is 1. The number of aryl methyl sites for hydroxylation is 1. The summed E-state index contributed by atoms with van der Waals surface area (Å²) >= 11 is 0. The molecule has 0 saturated heterocycles. The van der Waals surface area contributed by atoms with E-state index in [1.165, 1.54) is 0 Å². The lowest BCUT2D eigenvalue weighted by molar-refractivity contribution is -0.116. The van der Waals surface area contributed by atoms with Crippen LogP contribution < -0.4 is 10.1 Å². The van der Waals surface area contributed by atoms with Gasteiger partial charge >= 0.3 is 0 Å². The van der Waals surface area contributed by atoms with Crippen molar-refractivity contribution in [3.8, 4) is 5.75 Å². The van der Waals surface area contributed by atoms with E-state index < -0.39 is 0 Å². The Kier molecular flexibility index (Phi) is 5.06. The Morgan fingerprint density at radius 3 is 2.95 bits per heavy atom. The van der Waals surface area contributed by atoms with Crippen LogP contribution in [0.2, 0.25) is 0 Å². The predicted octanol–water partition coefficient (Wildman–Crippen LogP) is 2.58. The summed E-state index contributed by atoms with van der Waals surface area (Å²) in [6, 6.07) is 9.17. The smallest absolute Gasteiger partial charge is 0.225 e. The van der Waals surface area contributed by atoms with Gasteiger partial charge in [0.25, 0.3) is 0 Å². The van der Waals surface area contributed by atoms with E-state index in [0.717, 1.165) is 5.69 Å². The summed E-state index contributed by atoms with van der Waals surface area (Å²) in [6.07, 6.45) is 4.38. The van der Waals surface area contributed by atoms with Crippen LogP contribution >= 0.6 is 0 Å². The first-order chi connectivity index (χ1) is 9.74. The minimum Gasteiger partial charge on any atom is -0.492 e. The Morgan fingerprint density at radius 1 is 1.30 bits per heavy atom. The lowest BCUT2D eigenvalue weighted by Crippen LogP contribution is -2.13. The third-order valence-corrected chi connectivity index (χ3v) is 2.61. The van der Waals surface area contributed by atoms with Gasteiger partial charge in [-0.2, -0.15) is 0 Å². The second kappa shape index (κ2) is 7.23. The Hall–Kier alpha value is -2.43. The predicted molar refractivity (Wildman–Crippen MR) is 76.6 cm³/mol. The zero-order chi connectivity index (χ0) is 14.2. The second-order valence-electron chi connectivity index (χ2n) is 4.35. The molecule has 0 aromatic carbocycles. The summed E-state index contributed by atoms with van der Waals surface area (Å²) in [7, 11) is 0. The minimum absolute atomic E-state index is 0.0575. The standard InChI is InChI=1S/C15H17N3O2/c1-12-5-2-7-14(17-12)18-15(19)8-4-10-20-13-6-3-9-16-11-13/h2-3,5-7,9,11H,4,8,10H2,1H3,(H,17,18,19). The molecule has 0 aliphatic rings. The summed E-state index contributed by atoms with van der Waals surface area (Å²) in [5.74, 6) is 1.24. The Labute approximate surface area is 118 Å². The number of hydrogen-bond acceptors (Lipinski definition) is 4. The van der Waals surface area contributed by atoms with Crippen LogP contribution in [0.25, 0.3) is 0 Å². The number of rotatable bonds is 6. The van der Waals surface area contributed by atoms with Crippen molar-refractivity contribution in [3.05, 3.63) is 48.4 Å². The minimum atomic E-state index is -0.0575. The highest BCUT2D eigenvalue weighted by Gasteiger charge is 2.03. The molecule has 2 aromatic heterocycles. The van der Waals surface area contributed by atoms with Gasteiger partial charge in [0, 0.05) is 18.3 Å². The SMILES string of the molecule is Cc1cccc(NC(=O)CCCOc2cccnc2)n1. The number of pyridine rings is 2. The van der Waals surface area contributed by atoms with Gasteiger partial charge in [-0.05, 0) is 37.6 Å². The average molecular weight is 271 g/mol. The van der Waals surface area contributed by atoms with Crippen LogP contribution in [-0.4, -0.2) is 22.5 Å². The van der Waals surface area contributed by atoms with Crippen molar-refractivity contribution >= 4 is 11.7 Å². The first-order valence-corrected chi connectivity index (χ1v) is 6.50. The Morgan fingerprint density at radius 2 is 2.20 bits per heavy atom. The van der Waals surface area contributed by atoms with Gasteiger partial charge in [-0.3, -0.25) is 9.78 Å². The maximum Gasteiger partial charge on any atom is 0.225 e. The number of anilines is 1. The summed E-state index contributed by atoms with van der Waals surface area (Å²) in [6.45, 7) is 2.37. The number of nitrogens with zero attached hydrogens (tertiary/aromatic N) is 2. The van der Waals surface area contributed by atoms with Crippen LogP contribution in [0, 0.1) is 6.92 Å². The van der Waals surface area contributed by atoms with E-state index in [0.29, 0.717) is 31.0 Å². The van der Waals surface area contributed by atoms with Crippen molar-refractivity contribution < 1.29 is 9.53 Å². The molecule has 0 atom stereocenters. The van der Waals surface area contributed by atoms with Gasteiger partial charge in [0.1, 0.15) is 11.6 Å². The van der Waals surface area contributed by atoms with E-state index >= 15 is 0 Å². The third kappa shape index (κ3) is 4.68. The molecule has 5 nitrogen and oxygen atoms in total. The normalized spacial score (nSPS) is 10.1. The van der Waals surface area contributed by atoms with Gasteiger partial charge in [-0.15, -0.1) is 0 Å². The molecule has 5 heteroatoms. The van der Waals surface area contributed by atoms with E-state index in [4.69, 9.17) is 4.74 Å². The van der Waals surface area contributed by atoms with Crippen molar-refractivity contribution in [2.75, 3.05) is 11.9 Å². The third-order valence-electron chi connectivity index (χ3n) is 2.61. The number of aromatic nitrogens is 2. The Balaban J connectivity index is 1.68. The number of carbonyl (C=O) groups is 1. The lowest BCUT2D eigenvalue weighted by atomic mass is 10.3. The highest BCUT2D eigenvalue weighted by atomic mass is 16.5. The van der Waals surface area contributed by atoms with Gasteiger partial charge in [0.15, 0.2) is 0 Å². The van der Waals surface area contributed by atoms with E-state index in [9.17, 15) is 4.79 Å². The monoisotopic (exact) mass is 271 g/mol. The summed E-state index contributed by atoms with van der Waals surface area (Å²) in [5.41, 5.74) is 0.878. The average Bonchev–Trinajstić information content (AvgIpc) is 2.45. The van der Waals surface area contributed by atoms with Crippen molar-refractivity contribution in [1.82, 2.24) is 9.97 Å². The highest BCUT2D eigenvalue weighted by molar-refractivity contribution is 5.89. The maximum atomic E-state index is 11.7. The number of hydrogen-bond donors (Lipinski definition) is 1. The van der Waals surface area contributed by atoms with Gasteiger partial charge in [0.2, 0.25) is 5.91 Å². The van der Waals surface area contributed by atoms with Crippen LogP contribution in [-0.2, 0) is 4.79 Å². The van der Waals surface area contributed by atoms with E-state index in [1.807, 2.05) is 31.2 Å². The summed E-state index contributed by atoms with van der Waals surface area (Å²) < 4.78 is 5.47. The second-order valence-corrected chi connectivity index (χ2v) is 4.35. The number of carbonyl (C=O) groups excluding carboxylic acids is 1. The molecule has 0 unspecified atom stereocenters. The molecule has 0 spiro atoms.